The van der Waals surface area contributed by atoms with Crippen LogP contribution < -0.4 is 14.2 Å². The first-order chi connectivity index (χ1) is 13.5. The Labute approximate surface area is 164 Å². The molecule has 0 unspecified atom stereocenters. The number of carbonyl (C=O) groups excluding carboxylic acids is 2. The Morgan fingerprint density at radius 1 is 1.04 bits per heavy atom. The van der Waals surface area contributed by atoms with Gasteiger partial charge >= 0.3 is 0 Å². The smallest absolute Gasteiger partial charge is 0.253 e. The van der Waals surface area contributed by atoms with Crippen molar-refractivity contribution >= 4 is 11.7 Å². The van der Waals surface area contributed by atoms with E-state index < -0.39 is 5.60 Å². The maximum Gasteiger partial charge on any atom is 0.253 e. The molecule has 0 bridgehead atoms. The molecule has 1 spiro atoms. The lowest BCUT2D eigenvalue weighted by Gasteiger charge is -2.44. The third-order valence-corrected chi connectivity index (χ3v) is 5.58. The Kier molecular flexibility index (Phi) is 4.71. The van der Waals surface area contributed by atoms with E-state index in [-0.39, 0.29) is 11.7 Å². The summed E-state index contributed by atoms with van der Waals surface area (Å²) < 4.78 is 16.7. The highest BCUT2D eigenvalue weighted by Crippen LogP contribution is 2.41. The van der Waals surface area contributed by atoms with Crippen molar-refractivity contribution in [3.05, 3.63) is 53.6 Å². The van der Waals surface area contributed by atoms with Crippen LogP contribution in [0, 0.1) is 0 Å². The van der Waals surface area contributed by atoms with Gasteiger partial charge in [-0.25, -0.2) is 0 Å². The molecule has 6 nitrogen and oxygen atoms in total. The van der Waals surface area contributed by atoms with Crippen LogP contribution in [0.1, 0.15) is 40.0 Å². The van der Waals surface area contributed by atoms with Crippen LogP contribution in [0.25, 0.3) is 0 Å². The first-order valence-electron chi connectivity index (χ1n) is 9.37. The number of likely N-dealkylation sites (tertiary alicyclic amines) is 1. The zero-order valence-corrected chi connectivity index (χ0v) is 16.1. The van der Waals surface area contributed by atoms with E-state index in [0.29, 0.717) is 60.7 Å². The zero-order chi connectivity index (χ0) is 19.7. The maximum absolute atomic E-state index is 12.8. The number of benzene rings is 2. The lowest BCUT2D eigenvalue weighted by atomic mass is 9.82. The van der Waals surface area contributed by atoms with Gasteiger partial charge in [0.1, 0.15) is 22.8 Å². The minimum absolute atomic E-state index is 0.0297. The van der Waals surface area contributed by atoms with Crippen molar-refractivity contribution in [1.29, 1.82) is 0 Å². The van der Waals surface area contributed by atoms with Crippen molar-refractivity contribution in [2.45, 2.75) is 24.9 Å². The third-order valence-electron chi connectivity index (χ3n) is 5.58. The van der Waals surface area contributed by atoms with Crippen molar-refractivity contribution in [3.8, 4) is 17.2 Å². The van der Waals surface area contributed by atoms with Crippen LogP contribution in [0.3, 0.4) is 0 Å². The number of ketones is 1. The lowest BCUT2D eigenvalue weighted by Crippen LogP contribution is -2.52. The fraction of sp³-hybridized carbons (Fsp3) is 0.364. The zero-order valence-electron chi connectivity index (χ0n) is 16.1. The fourth-order valence-electron chi connectivity index (χ4n) is 3.94. The van der Waals surface area contributed by atoms with Crippen molar-refractivity contribution in [2.75, 3.05) is 27.3 Å². The Morgan fingerprint density at radius 3 is 2.46 bits per heavy atom. The number of Topliss-reactive ketones (excluding diaryl/α,β-unsaturated/α-hetero) is 1. The summed E-state index contributed by atoms with van der Waals surface area (Å²) in [4.78, 5) is 27.3. The molecule has 0 radical (unpaired) electrons. The first kappa shape index (κ1) is 18.3. The molecule has 0 aromatic heterocycles. The predicted molar refractivity (Wildman–Crippen MR) is 103 cm³/mol. The molecule has 6 heteroatoms. The van der Waals surface area contributed by atoms with Gasteiger partial charge in [0.25, 0.3) is 5.91 Å². The summed E-state index contributed by atoms with van der Waals surface area (Å²) in [5, 5.41) is 0. The number of nitrogens with zero attached hydrogens (tertiary/aromatic N) is 1. The minimum Gasteiger partial charge on any atom is -0.497 e. The van der Waals surface area contributed by atoms with E-state index in [2.05, 4.69) is 0 Å². The number of amides is 1. The van der Waals surface area contributed by atoms with Crippen LogP contribution in [0.5, 0.6) is 17.2 Å². The predicted octanol–water partition coefficient (Wildman–Crippen LogP) is 3.34. The average Bonchev–Trinajstić information content (AvgIpc) is 2.73. The SMILES string of the molecule is COc1cccc(C(=O)N2CCC3(CC2)CC(=O)c2ccc(OC)cc2O3)c1. The van der Waals surface area contributed by atoms with E-state index in [1.165, 1.54) is 0 Å². The van der Waals surface area contributed by atoms with Crippen molar-refractivity contribution in [3.63, 3.8) is 0 Å². The lowest BCUT2D eigenvalue weighted by molar-refractivity contribution is -0.00581. The highest BCUT2D eigenvalue weighted by atomic mass is 16.5. The molecule has 2 aromatic carbocycles. The van der Waals surface area contributed by atoms with Crippen LogP contribution in [0.4, 0.5) is 0 Å². The molecule has 2 aliphatic heterocycles. The van der Waals surface area contributed by atoms with Gasteiger partial charge in [0.05, 0.1) is 26.2 Å². The summed E-state index contributed by atoms with van der Waals surface area (Å²) in [5.41, 5.74) is 0.647. The normalized spacial score (nSPS) is 17.6. The molecule has 1 amide bonds. The number of piperidine rings is 1. The molecule has 2 heterocycles. The van der Waals surface area contributed by atoms with Crippen molar-refractivity contribution in [1.82, 2.24) is 4.90 Å². The van der Waals surface area contributed by atoms with Gasteiger partial charge in [-0.1, -0.05) is 6.07 Å². The summed E-state index contributed by atoms with van der Waals surface area (Å²) in [7, 11) is 3.17. The van der Waals surface area contributed by atoms with E-state index >= 15 is 0 Å². The average molecular weight is 381 g/mol. The maximum atomic E-state index is 12.8. The molecular weight excluding hydrogens is 358 g/mol. The number of carbonyl (C=O) groups is 2. The molecule has 1 fully saturated rings. The molecule has 0 aliphatic carbocycles. The Morgan fingerprint density at radius 2 is 1.75 bits per heavy atom. The monoisotopic (exact) mass is 381 g/mol. The van der Waals surface area contributed by atoms with Gasteiger partial charge in [0.2, 0.25) is 0 Å². The quantitative estimate of drug-likeness (QED) is 0.816. The number of fused-ring (bicyclic) bond motifs is 1. The molecule has 0 saturated carbocycles. The second-order valence-electron chi connectivity index (χ2n) is 7.27. The van der Waals surface area contributed by atoms with Crippen LogP contribution in [0.15, 0.2) is 42.5 Å². The van der Waals surface area contributed by atoms with E-state index in [1.807, 2.05) is 17.0 Å². The highest BCUT2D eigenvalue weighted by Gasteiger charge is 2.43. The Bertz CT molecular complexity index is 915. The number of ether oxygens (including phenoxy) is 3. The Hall–Kier alpha value is -3.02. The number of rotatable bonds is 3. The van der Waals surface area contributed by atoms with Crippen LogP contribution in [-0.2, 0) is 0 Å². The summed E-state index contributed by atoms with van der Waals surface area (Å²) in [6, 6.07) is 12.5. The summed E-state index contributed by atoms with van der Waals surface area (Å²) in [6.07, 6.45) is 1.57. The topological polar surface area (TPSA) is 65.1 Å². The van der Waals surface area contributed by atoms with Crippen molar-refractivity contribution in [2.24, 2.45) is 0 Å². The second-order valence-corrected chi connectivity index (χ2v) is 7.27. The number of methoxy groups -OCH3 is 2. The molecule has 2 aromatic rings. The van der Waals surface area contributed by atoms with E-state index in [4.69, 9.17) is 14.2 Å². The molecule has 1 saturated heterocycles. The Balaban J connectivity index is 1.49. The summed E-state index contributed by atoms with van der Waals surface area (Å²) >= 11 is 0. The van der Waals surface area contributed by atoms with Gasteiger partial charge in [-0.15, -0.1) is 0 Å². The standard InChI is InChI=1S/C22H23NO5/c1-26-16-5-3-4-15(12-16)21(25)23-10-8-22(9-11-23)14-19(24)18-7-6-17(27-2)13-20(18)28-22/h3-7,12-13H,8-11,14H2,1-2H3. The number of hydrogen-bond donors (Lipinski definition) is 0. The summed E-state index contributed by atoms with van der Waals surface area (Å²) in [6.45, 7) is 1.09. The van der Waals surface area contributed by atoms with Crippen LogP contribution in [0.2, 0.25) is 0 Å². The van der Waals surface area contributed by atoms with Gasteiger partial charge in [0.15, 0.2) is 5.78 Å². The largest absolute Gasteiger partial charge is 0.497 e. The van der Waals surface area contributed by atoms with Crippen LogP contribution >= 0.6 is 0 Å². The first-order valence-corrected chi connectivity index (χ1v) is 9.37. The van der Waals surface area contributed by atoms with E-state index in [0.717, 1.165) is 0 Å². The third kappa shape index (κ3) is 3.30. The minimum atomic E-state index is -0.554. The van der Waals surface area contributed by atoms with Gasteiger partial charge in [-0.05, 0) is 30.3 Å². The van der Waals surface area contributed by atoms with E-state index in [1.54, 1.807) is 44.6 Å². The second kappa shape index (κ2) is 7.19. The molecule has 0 atom stereocenters. The molecule has 2 aliphatic rings. The fourth-order valence-corrected chi connectivity index (χ4v) is 3.94. The van der Waals surface area contributed by atoms with Gasteiger partial charge in [0, 0.05) is 37.6 Å². The molecular formula is C22H23NO5. The van der Waals surface area contributed by atoms with Crippen LogP contribution in [-0.4, -0.2) is 49.5 Å². The van der Waals surface area contributed by atoms with Crippen molar-refractivity contribution < 1.29 is 23.8 Å². The van der Waals surface area contributed by atoms with Gasteiger partial charge < -0.3 is 19.1 Å². The highest BCUT2D eigenvalue weighted by molar-refractivity contribution is 6.00. The summed E-state index contributed by atoms with van der Waals surface area (Å²) in [5.74, 6) is 1.94. The molecule has 0 N–H and O–H groups in total. The van der Waals surface area contributed by atoms with Gasteiger partial charge in [-0.2, -0.15) is 0 Å². The number of hydrogen-bond acceptors (Lipinski definition) is 5. The molecule has 146 valence electrons. The molecule has 4 rings (SSSR count). The van der Waals surface area contributed by atoms with E-state index in [9.17, 15) is 9.59 Å². The molecule has 28 heavy (non-hydrogen) atoms. The van der Waals surface area contributed by atoms with Gasteiger partial charge in [-0.3, -0.25) is 9.59 Å².